The molecular weight excluding hydrogens is 266 g/mol. The minimum absolute atomic E-state index is 0.522. The van der Waals surface area contributed by atoms with Crippen LogP contribution in [0.3, 0.4) is 0 Å². The number of hydrogen-bond acceptors (Lipinski definition) is 2. The molecule has 0 aliphatic heterocycles. The van der Waals surface area contributed by atoms with Crippen molar-refractivity contribution in [2.24, 2.45) is 23.2 Å². The lowest BCUT2D eigenvalue weighted by molar-refractivity contribution is -0.0535. The highest BCUT2D eigenvalue weighted by molar-refractivity contribution is 7.71. The van der Waals surface area contributed by atoms with Gasteiger partial charge in [0, 0.05) is 13.0 Å². The summed E-state index contributed by atoms with van der Waals surface area (Å²) in [5.41, 5.74) is 0.522. The highest BCUT2D eigenvalue weighted by Gasteiger charge is 2.51. The van der Waals surface area contributed by atoms with Crippen LogP contribution in [0.1, 0.15) is 44.3 Å². The maximum atomic E-state index is 5.34. The van der Waals surface area contributed by atoms with E-state index in [1.165, 1.54) is 38.5 Å². The molecule has 0 amide bonds. The minimum atomic E-state index is 0.522. The number of nitrogens with one attached hydrogen (secondary N) is 1. The summed E-state index contributed by atoms with van der Waals surface area (Å²) in [7, 11) is 0. The predicted octanol–water partition coefficient (Wildman–Crippen LogP) is 3.89. The molecule has 1 aromatic rings. The lowest BCUT2D eigenvalue weighted by Crippen LogP contribution is -2.47. The van der Waals surface area contributed by atoms with Crippen molar-refractivity contribution in [3.8, 4) is 0 Å². The van der Waals surface area contributed by atoms with Gasteiger partial charge in [0.25, 0.3) is 0 Å². The van der Waals surface area contributed by atoms with E-state index in [1.54, 1.807) is 0 Å². The molecule has 1 N–H and O–H groups in total. The van der Waals surface area contributed by atoms with Gasteiger partial charge >= 0.3 is 0 Å². The molecule has 4 bridgehead atoms. The van der Waals surface area contributed by atoms with Crippen LogP contribution in [0, 0.1) is 27.9 Å². The second-order valence-electron chi connectivity index (χ2n) is 7.44. The smallest absolute Gasteiger partial charge is 0.195 e. The van der Waals surface area contributed by atoms with Crippen LogP contribution in [0.5, 0.6) is 0 Å². The summed E-state index contributed by atoms with van der Waals surface area (Å²) < 4.78 is 2.87. The van der Waals surface area contributed by atoms with Gasteiger partial charge in [0.05, 0.1) is 0 Å². The van der Waals surface area contributed by atoms with Crippen molar-refractivity contribution < 1.29 is 0 Å². The molecule has 4 saturated carbocycles. The van der Waals surface area contributed by atoms with E-state index < -0.39 is 0 Å². The zero-order chi connectivity index (χ0) is 13.7. The number of H-pyrrole nitrogens is 1. The van der Waals surface area contributed by atoms with Crippen LogP contribution in [-0.4, -0.2) is 14.8 Å². The van der Waals surface area contributed by atoms with Gasteiger partial charge in [-0.1, -0.05) is 6.08 Å². The topological polar surface area (TPSA) is 33.6 Å². The summed E-state index contributed by atoms with van der Waals surface area (Å²) in [5.74, 6) is 4.14. The third-order valence-electron chi connectivity index (χ3n) is 5.85. The molecule has 5 rings (SSSR count). The molecule has 1 heterocycles. The summed E-state index contributed by atoms with van der Waals surface area (Å²) >= 11 is 5.34. The molecule has 0 saturated heterocycles. The first-order valence-electron chi connectivity index (χ1n) is 7.92. The molecule has 3 nitrogen and oxygen atoms in total. The third-order valence-corrected chi connectivity index (χ3v) is 6.16. The maximum absolute atomic E-state index is 5.34. The van der Waals surface area contributed by atoms with E-state index in [9.17, 15) is 0 Å². The Balaban J connectivity index is 1.63. The molecule has 20 heavy (non-hydrogen) atoms. The van der Waals surface area contributed by atoms with Crippen molar-refractivity contribution >= 4 is 12.2 Å². The Morgan fingerprint density at radius 2 is 1.85 bits per heavy atom. The second kappa shape index (κ2) is 4.55. The van der Waals surface area contributed by atoms with Crippen molar-refractivity contribution in [2.75, 3.05) is 0 Å². The van der Waals surface area contributed by atoms with E-state index in [1.807, 2.05) is 6.08 Å². The van der Waals surface area contributed by atoms with Crippen molar-refractivity contribution in [2.45, 2.75) is 51.5 Å². The Kier molecular flexibility index (Phi) is 2.92. The van der Waals surface area contributed by atoms with E-state index in [0.29, 0.717) is 5.41 Å². The van der Waals surface area contributed by atoms with Gasteiger partial charge in [0.1, 0.15) is 5.82 Å². The molecule has 108 valence electrons. The predicted molar refractivity (Wildman–Crippen MR) is 81.9 cm³/mol. The standard InChI is InChI=1S/C16H23N3S/c1-2-3-19-14(17-18-15(19)20)10-16-7-11-4-12(8-16)6-13(5-11)9-16/h2,11-13H,1,3-10H2,(H,18,20). The minimum Gasteiger partial charge on any atom is -0.300 e. The van der Waals surface area contributed by atoms with Crippen molar-refractivity contribution in [1.82, 2.24) is 14.8 Å². The molecule has 4 aliphatic rings. The normalized spacial score (nSPS) is 38.3. The maximum Gasteiger partial charge on any atom is 0.195 e. The first kappa shape index (κ1) is 12.8. The molecule has 1 aromatic heterocycles. The molecular formula is C16H23N3S. The summed E-state index contributed by atoms with van der Waals surface area (Å²) in [6.45, 7) is 4.61. The van der Waals surface area contributed by atoms with Gasteiger partial charge in [0.2, 0.25) is 0 Å². The zero-order valence-corrected chi connectivity index (χ0v) is 12.8. The highest BCUT2D eigenvalue weighted by atomic mass is 32.1. The van der Waals surface area contributed by atoms with Crippen LogP contribution in [0.25, 0.3) is 0 Å². The average molecular weight is 289 g/mol. The summed E-state index contributed by atoms with van der Waals surface area (Å²) in [6.07, 6.45) is 11.8. The summed E-state index contributed by atoms with van der Waals surface area (Å²) in [4.78, 5) is 0. The summed E-state index contributed by atoms with van der Waals surface area (Å²) in [6, 6.07) is 0. The van der Waals surface area contributed by atoms with Gasteiger partial charge in [-0.3, -0.25) is 5.10 Å². The number of allylic oxidation sites excluding steroid dienone is 1. The van der Waals surface area contributed by atoms with Gasteiger partial charge in [-0.2, -0.15) is 5.10 Å². The third kappa shape index (κ3) is 2.00. The number of rotatable bonds is 4. The van der Waals surface area contributed by atoms with Gasteiger partial charge in [0.15, 0.2) is 4.77 Å². The van der Waals surface area contributed by atoms with Crippen LogP contribution < -0.4 is 0 Å². The molecule has 4 aliphatic carbocycles. The monoisotopic (exact) mass is 289 g/mol. The molecule has 0 aromatic carbocycles. The van der Waals surface area contributed by atoms with Crippen molar-refractivity contribution in [1.29, 1.82) is 0 Å². The van der Waals surface area contributed by atoms with E-state index in [0.717, 1.165) is 41.3 Å². The molecule has 0 unspecified atom stereocenters. The Bertz CT molecular complexity index is 548. The lowest BCUT2D eigenvalue weighted by atomic mass is 9.49. The van der Waals surface area contributed by atoms with Gasteiger partial charge in [-0.25, -0.2) is 0 Å². The number of nitrogens with zero attached hydrogens (tertiary/aromatic N) is 2. The van der Waals surface area contributed by atoms with Crippen LogP contribution in [0.4, 0.5) is 0 Å². The van der Waals surface area contributed by atoms with Crippen LogP contribution in [-0.2, 0) is 13.0 Å². The fraction of sp³-hybridized carbons (Fsp3) is 0.750. The lowest BCUT2D eigenvalue weighted by Gasteiger charge is -2.56. The molecule has 0 spiro atoms. The SMILES string of the molecule is C=CCn1c(CC23CC4CC(CC(C4)C2)C3)n[nH]c1=S. The Labute approximate surface area is 125 Å². The zero-order valence-electron chi connectivity index (χ0n) is 12.0. The van der Waals surface area contributed by atoms with Gasteiger partial charge in [-0.05, 0) is 73.9 Å². The van der Waals surface area contributed by atoms with Crippen molar-refractivity contribution in [3.05, 3.63) is 23.3 Å². The van der Waals surface area contributed by atoms with E-state index in [4.69, 9.17) is 12.2 Å². The highest BCUT2D eigenvalue weighted by Crippen LogP contribution is 2.60. The molecule has 0 radical (unpaired) electrons. The number of aromatic amines is 1. The number of hydrogen-bond donors (Lipinski definition) is 1. The fourth-order valence-corrected chi connectivity index (χ4v) is 5.87. The van der Waals surface area contributed by atoms with Crippen LogP contribution in [0.2, 0.25) is 0 Å². The van der Waals surface area contributed by atoms with E-state index in [2.05, 4.69) is 21.3 Å². The van der Waals surface area contributed by atoms with Crippen molar-refractivity contribution in [3.63, 3.8) is 0 Å². The Morgan fingerprint density at radius 1 is 1.25 bits per heavy atom. The fourth-order valence-electron chi connectivity index (χ4n) is 5.64. The van der Waals surface area contributed by atoms with E-state index >= 15 is 0 Å². The first-order valence-corrected chi connectivity index (χ1v) is 8.33. The quantitative estimate of drug-likeness (QED) is 0.674. The molecule has 4 fully saturated rings. The Hall–Kier alpha value is -0.900. The Morgan fingerprint density at radius 3 is 2.40 bits per heavy atom. The molecule has 0 atom stereocenters. The summed E-state index contributed by atoms with van der Waals surface area (Å²) in [5, 5.41) is 7.48. The number of aromatic nitrogens is 3. The first-order chi connectivity index (χ1) is 9.67. The average Bonchev–Trinajstić information content (AvgIpc) is 2.70. The van der Waals surface area contributed by atoms with Crippen LogP contribution >= 0.6 is 12.2 Å². The van der Waals surface area contributed by atoms with Gasteiger partial charge in [-0.15, -0.1) is 6.58 Å². The van der Waals surface area contributed by atoms with E-state index in [-0.39, 0.29) is 0 Å². The molecule has 4 heteroatoms. The largest absolute Gasteiger partial charge is 0.300 e. The van der Waals surface area contributed by atoms with Crippen LogP contribution in [0.15, 0.2) is 12.7 Å². The van der Waals surface area contributed by atoms with Gasteiger partial charge < -0.3 is 4.57 Å². The second-order valence-corrected chi connectivity index (χ2v) is 7.83.